The topological polar surface area (TPSA) is 46.5 Å². The van der Waals surface area contributed by atoms with Crippen molar-refractivity contribution in [3.63, 3.8) is 0 Å². The molecule has 16 heavy (non-hydrogen) atoms. The van der Waals surface area contributed by atoms with Crippen molar-refractivity contribution < 1.29 is 19.0 Å². The lowest BCUT2D eigenvalue weighted by molar-refractivity contribution is -0.131. The zero-order valence-corrected chi connectivity index (χ0v) is 9.16. The fourth-order valence-electron chi connectivity index (χ4n) is 1.45. The van der Waals surface area contributed by atoms with Crippen molar-refractivity contribution >= 4 is 12.0 Å². The summed E-state index contributed by atoms with van der Waals surface area (Å²) in [6.45, 7) is 1.80. The van der Waals surface area contributed by atoms with Gasteiger partial charge in [0.2, 0.25) is 0 Å². The van der Waals surface area contributed by atoms with Crippen LogP contribution in [0.2, 0.25) is 0 Å². The third-order valence-electron chi connectivity index (χ3n) is 2.22. The Labute approximate surface area is 93.2 Å². The second-order valence-electron chi connectivity index (χ2n) is 3.17. The second-order valence-corrected chi connectivity index (χ2v) is 3.17. The molecule has 0 saturated heterocycles. The van der Waals surface area contributed by atoms with Gasteiger partial charge in [-0.2, -0.15) is 0 Å². The fraction of sp³-hybridized carbons (Fsp3) is 0.250. The second kappa shape index (κ2) is 5.30. The minimum Gasteiger partial charge on any atom is -0.494 e. The van der Waals surface area contributed by atoms with Crippen LogP contribution < -0.4 is 4.74 Å². The number of carboxylic acid groups (broad SMARTS) is 1. The van der Waals surface area contributed by atoms with E-state index in [2.05, 4.69) is 0 Å². The molecule has 0 saturated carbocycles. The number of halogens is 1. The molecular weight excluding hydrogens is 211 g/mol. The first kappa shape index (κ1) is 12.2. The van der Waals surface area contributed by atoms with E-state index in [-0.39, 0.29) is 5.75 Å². The summed E-state index contributed by atoms with van der Waals surface area (Å²) in [6, 6.07) is 3.12. The van der Waals surface area contributed by atoms with Crippen molar-refractivity contribution in [2.75, 3.05) is 7.11 Å². The van der Waals surface area contributed by atoms with Crippen LogP contribution in [0.25, 0.3) is 6.08 Å². The molecule has 0 aliphatic heterocycles. The average Bonchev–Trinajstić information content (AvgIpc) is 2.26. The molecular formula is C12H13FO3. The number of benzene rings is 1. The third-order valence-corrected chi connectivity index (χ3v) is 2.22. The molecule has 0 heterocycles. The molecule has 1 aromatic rings. The predicted molar refractivity (Wildman–Crippen MR) is 59.0 cm³/mol. The fourth-order valence-corrected chi connectivity index (χ4v) is 1.45. The molecule has 86 valence electrons. The monoisotopic (exact) mass is 224 g/mol. The van der Waals surface area contributed by atoms with Gasteiger partial charge in [-0.25, -0.2) is 9.18 Å². The molecule has 1 aromatic carbocycles. The Bertz CT molecular complexity index is 425. The lowest BCUT2D eigenvalue weighted by atomic mass is 10.0. The van der Waals surface area contributed by atoms with Crippen LogP contribution in [0.3, 0.4) is 0 Å². The SMILES string of the molecule is CCc1c(/C=C/C(=O)O)ccc(OC)c1F. The van der Waals surface area contributed by atoms with Gasteiger partial charge >= 0.3 is 5.97 Å². The van der Waals surface area contributed by atoms with E-state index in [4.69, 9.17) is 9.84 Å². The number of aliphatic carboxylic acids is 1. The highest BCUT2D eigenvalue weighted by atomic mass is 19.1. The molecule has 1 rings (SSSR count). The van der Waals surface area contributed by atoms with Gasteiger partial charge in [0.15, 0.2) is 11.6 Å². The van der Waals surface area contributed by atoms with Crippen molar-refractivity contribution in [1.29, 1.82) is 0 Å². The Kier molecular flexibility index (Phi) is 4.05. The summed E-state index contributed by atoms with van der Waals surface area (Å²) in [7, 11) is 1.39. The van der Waals surface area contributed by atoms with Crippen LogP contribution in [0, 0.1) is 5.82 Å². The molecule has 0 aromatic heterocycles. The Balaban J connectivity index is 3.20. The number of hydrogen-bond donors (Lipinski definition) is 1. The summed E-state index contributed by atoms with van der Waals surface area (Å²) in [6.07, 6.45) is 2.84. The van der Waals surface area contributed by atoms with E-state index in [1.165, 1.54) is 19.3 Å². The maximum atomic E-state index is 13.8. The Morgan fingerprint density at radius 3 is 2.75 bits per heavy atom. The largest absolute Gasteiger partial charge is 0.494 e. The molecule has 0 aliphatic rings. The Hall–Kier alpha value is -1.84. The summed E-state index contributed by atoms with van der Waals surface area (Å²) in [5.41, 5.74) is 1.01. The molecule has 0 fully saturated rings. The lowest BCUT2D eigenvalue weighted by Crippen LogP contribution is -1.97. The van der Waals surface area contributed by atoms with E-state index in [0.29, 0.717) is 17.5 Å². The van der Waals surface area contributed by atoms with Crippen LogP contribution in [0.15, 0.2) is 18.2 Å². The molecule has 3 nitrogen and oxygen atoms in total. The minimum absolute atomic E-state index is 0.171. The zero-order chi connectivity index (χ0) is 12.1. The standard InChI is InChI=1S/C12H13FO3/c1-3-9-8(5-7-11(14)15)4-6-10(16-2)12(9)13/h4-7H,3H2,1-2H3,(H,14,15)/b7-5+. The smallest absolute Gasteiger partial charge is 0.328 e. The van der Waals surface area contributed by atoms with Crippen LogP contribution in [-0.2, 0) is 11.2 Å². The maximum Gasteiger partial charge on any atom is 0.328 e. The van der Waals surface area contributed by atoms with Gasteiger partial charge in [0.05, 0.1) is 7.11 Å². The van der Waals surface area contributed by atoms with Gasteiger partial charge in [-0.1, -0.05) is 13.0 Å². The minimum atomic E-state index is -1.06. The highest BCUT2D eigenvalue weighted by Crippen LogP contribution is 2.25. The molecule has 0 aliphatic carbocycles. The normalized spacial score (nSPS) is 10.7. The zero-order valence-electron chi connectivity index (χ0n) is 9.16. The van der Waals surface area contributed by atoms with E-state index in [9.17, 15) is 9.18 Å². The highest BCUT2D eigenvalue weighted by Gasteiger charge is 2.10. The summed E-state index contributed by atoms with van der Waals surface area (Å²) in [5, 5.41) is 8.50. The molecule has 0 bridgehead atoms. The van der Waals surface area contributed by atoms with E-state index in [0.717, 1.165) is 6.08 Å². The van der Waals surface area contributed by atoms with Crippen molar-refractivity contribution in [2.24, 2.45) is 0 Å². The third kappa shape index (κ3) is 2.59. The number of ether oxygens (including phenoxy) is 1. The number of carboxylic acids is 1. The maximum absolute atomic E-state index is 13.8. The molecule has 4 heteroatoms. The van der Waals surface area contributed by atoms with Crippen LogP contribution in [0.5, 0.6) is 5.75 Å². The van der Waals surface area contributed by atoms with Crippen molar-refractivity contribution in [3.05, 3.63) is 35.2 Å². The average molecular weight is 224 g/mol. The predicted octanol–water partition coefficient (Wildman–Crippen LogP) is 2.49. The van der Waals surface area contributed by atoms with Gasteiger partial charge in [-0.15, -0.1) is 0 Å². The van der Waals surface area contributed by atoms with Gasteiger partial charge in [0.1, 0.15) is 0 Å². The summed E-state index contributed by atoms with van der Waals surface area (Å²) in [5.74, 6) is -1.32. The van der Waals surface area contributed by atoms with Gasteiger partial charge in [0, 0.05) is 6.08 Å². The van der Waals surface area contributed by atoms with E-state index >= 15 is 0 Å². The van der Waals surface area contributed by atoms with E-state index in [1.807, 2.05) is 0 Å². The summed E-state index contributed by atoms with van der Waals surface area (Å²) in [4.78, 5) is 10.4. The molecule has 0 unspecified atom stereocenters. The van der Waals surface area contributed by atoms with Crippen molar-refractivity contribution in [3.8, 4) is 5.75 Å². The van der Waals surface area contributed by atoms with Crippen LogP contribution in [0.4, 0.5) is 4.39 Å². The first-order valence-electron chi connectivity index (χ1n) is 4.86. The summed E-state index contributed by atoms with van der Waals surface area (Å²) < 4.78 is 18.6. The molecule has 0 amide bonds. The Morgan fingerprint density at radius 1 is 1.56 bits per heavy atom. The Morgan fingerprint density at radius 2 is 2.25 bits per heavy atom. The van der Waals surface area contributed by atoms with Gasteiger partial charge in [-0.05, 0) is 29.7 Å². The van der Waals surface area contributed by atoms with Crippen LogP contribution in [-0.4, -0.2) is 18.2 Å². The van der Waals surface area contributed by atoms with E-state index < -0.39 is 11.8 Å². The van der Waals surface area contributed by atoms with Gasteiger partial charge in [0.25, 0.3) is 0 Å². The van der Waals surface area contributed by atoms with Crippen LogP contribution in [0.1, 0.15) is 18.1 Å². The number of hydrogen-bond acceptors (Lipinski definition) is 2. The quantitative estimate of drug-likeness (QED) is 0.799. The highest BCUT2D eigenvalue weighted by molar-refractivity contribution is 5.85. The van der Waals surface area contributed by atoms with E-state index in [1.54, 1.807) is 13.0 Å². The number of methoxy groups -OCH3 is 1. The molecule has 0 spiro atoms. The van der Waals surface area contributed by atoms with Crippen molar-refractivity contribution in [1.82, 2.24) is 0 Å². The lowest BCUT2D eigenvalue weighted by Gasteiger charge is -2.08. The first-order valence-corrected chi connectivity index (χ1v) is 4.86. The first-order chi connectivity index (χ1) is 7.60. The molecule has 0 atom stereocenters. The number of carbonyl (C=O) groups is 1. The molecule has 0 radical (unpaired) electrons. The summed E-state index contributed by atoms with van der Waals surface area (Å²) >= 11 is 0. The van der Waals surface area contributed by atoms with Gasteiger partial charge < -0.3 is 9.84 Å². The molecule has 1 N–H and O–H groups in total. The van der Waals surface area contributed by atoms with Gasteiger partial charge in [-0.3, -0.25) is 0 Å². The van der Waals surface area contributed by atoms with Crippen molar-refractivity contribution in [2.45, 2.75) is 13.3 Å². The van der Waals surface area contributed by atoms with Crippen LogP contribution >= 0.6 is 0 Å². The number of rotatable bonds is 4.